The number of likely N-dealkylation sites (tertiary alicyclic amines) is 1. The highest BCUT2D eigenvalue weighted by molar-refractivity contribution is 5.24. The van der Waals surface area contributed by atoms with Crippen molar-refractivity contribution in [2.24, 2.45) is 5.90 Å². The quantitative estimate of drug-likeness (QED) is 0.817. The second-order valence-corrected chi connectivity index (χ2v) is 4.57. The predicted octanol–water partition coefficient (Wildman–Crippen LogP) is 2.20. The molecule has 1 aliphatic heterocycles. The first-order chi connectivity index (χ1) is 8.29. The molecule has 17 heavy (non-hydrogen) atoms. The lowest BCUT2D eigenvalue weighted by molar-refractivity contribution is 0.124. The fourth-order valence-corrected chi connectivity index (χ4v) is 2.26. The zero-order valence-corrected chi connectivity index (χ0v) is 9.99. The van der Waals surface area contributed by atoms with Crippen LogP contribution in [0.2, 0.25) is 0 Å². The van der Waals surface area contributed by atoms with Gasteiger partial charge in [-0.3, -0.25) is 9.74 Å². The van der Waals surface area contributed by atoms with Crippen molar-refractivity contribution >= 4 is 0 Å². The molecule has 0 unspecified atom stereocenters. The molecule has 0 atom stereocenters. The molecule has 3 nitrogen and oxygen atoms in total. The van der Waals surface area contributed by atoms with E-state index in [2.05, 4.69) is 9.74 Å². The van der Waals surface area contributed by atoms with E-state index in [1.54, 1.807) is 0 Å². The van der Waals surface area contributed by atoms with Crippen molar-refractivity contribution in [1.82, 2.24) is 4.90 Å². The van der Waals surface area contributed by atoms with Crippen molar-refractivity contribution in [3.8, 4) is 0 Å². The number of halogens is 1. The number of hydrogen-bond acceptors (Lipinski definition) is 3. The molecule has 2 rings (SSSR count). The first-order valence-corrected chi connectivity index (χ1v) is 6.11. The lowest BCUT2D eigenvalue weighted by atomic mass is 10.1. The minimum absolute atomic E-state index is 0.162. The van der Waals surface area contributed by atoms with Crippen LogP contribution in [0, 0.1) is 5.82 Å². The highest BCUT2D eigenvalue weighted by Crippen LogP contribution is 2.16. The van der Waals surface area contributed by atoms with Gasteiger partial charge in [-0.15, -0.1) is 0 Å². The maximum Gasteiger partial charge on any atom is 0.128 e. The maximum atomic E-state index is 13.8. The predicted molar refractivity (Wildman–Crippen MR) is 64.5 cm³/mol. The van der Waals surface area contributed by atoms with Gasteiger partial charge in [0.05, 0.1) is 6.61 Å². The normalized spacial score (nSPS) is 17.3. The van der Waals surface area contributed by atoms with Gasteiger partial charge in [0.2, 0.25) is 0 Å². The van der Waals surface area contributed by atoms with Crippen molar-refractivity contribution in [2.75, 3.05) is 13.1 Å². The van der Waals surface area contributed by atoms with Crippen LogP contribution in [0.25, 0.3) is 0 Å². The van der Waals surface area contributed by atoms with E-state index in [4.69, 9.17) is 5.90 Å². The highest BCUT2D eigenvalue weighted by Gasteiger charge is 2.12. The van der Waals surface area contributed by atoms with Crippen LogP contribution in [0.1, 0.15) is 30.4 Å². The van der Waals surface area contributed by atoms with E-state index < -0.39 is 0 Å². The van der Waals surface area contributed by atoms with Gasteiger partial charge in [0.25, 0.3) is 0 Å². The third-order valence-corrected chi connectivity index (χ3v) is 3.21. The van der Waals surface area contributed by atoms with Crippen LogP contribution in [-0.2, 0) is 18.0 Å². The average Bonchev–Trinajstić information content (AvgIpc) is 2.34. The molecule has 1 saturated heterocycles. The van der Waals surface area contributed by atoms with Crippen molar-refractivity contribution in [1.29, 1.82) is 0 Å². The number of benzene rings is 1. The average molecular weight is 238 g/mol. The maximum absolute atomic E-state index is 13.8. The molecule has 94 valence electrons. The molecule has 0 saturated carbocycles. The van der Waals surface area contributed by atoms with Crippen LogP contribution in [-0.4, -0.2) is 18.0 Å². The largest absolute Gasteiger partial charge is 0.300 e. The minimum Gasteiger partial charge on any atom is -0.300 e. The summed E-state index contributed by atoms with van der Waals surface area (Å²) in [4.78, 5) is 6.80. The molecular weight excluding hydrogens is 219 g/mol. The van der Waals surface area contributed by atoms with Crippen molar-refractivity contribution in [2.45, 2.75) is 32.4 Å². The Morgan fingerprint density at radius 3 is 2.65 bits per heavy atom. The molecule has 0 aliphatic carbocycles. The Kier molecular flexibility index (Phi) is 4.48. The van der Waals surface area contributed by atoms with Gasteiger partial charge in [-0.1, -0.05) is 18.6 Å². The van der Waals surface area contributed by atoms with Gasteiger partial charge in [-0.05, 0) is 37.6 Å². The summed E-state index contributed by atoms with van der Waals surface area (Å²) in [5, 5.41) is 0. The van der Waals surface area contributed by atoms with E-state index in [0.717, 1.165) is 24.2 Å². The van der Waals surface area contributed by atoms with Gasteiger partial charge >= 0.3 is 0 Å². The molecule has 1 aliphatic rings. The van der Waals surface area contributed by atoms with Crippen LogP contribution in [0.4, 0.5) is 4.39 Å². The van der Waals surface area contributed by atoms with E-state index in [1.807, 2.05) is 12.1 Å². The van der Waals surface area contributed by atoms with Crippen LogP contribution >= 0.6 is 0 Å². The minimum atomic E-state index is -0.162. The molecule has 4 heteroatoms. The molecule has 0 bridgehead atoms. The van der Waals surface area contributed by atoms with E-state index >= 15 is 0 Å². The summed E-state index contributed by atoms with van der Waals surface area (Å²) in [5.74, 6) is 4.81. The Morgan fingerprint density at radius 1 is 1.24 bits per heavy atom. The van der Waals surface area contributed by atoms with Gasteiger partial charge < -0.3 is 0 Å². The van der Waals surface area contributed by atoms with Crippen LogP contribution in [0.3, 0.4) is 0 Å². The molecule has 0 aromatic heterocycles. The summed E-state index contributed by atoms with van der Waals surface area (Å²) in [6, 6.07) is 5.21. The smallest absolute Gasteiger partial charge is 0.128 e. The molecule has 0 spiro atoms. The summed E-state index contributed by atoms with van der Waals surface area (Å²) in [6.45, 7) is 3.11. The SMILES string of the molecule is NOCc1ccc(CN2CCCCC2)c(F)c1. The molecule has 0 amide bonds. The molecule has 1 aromatic rings. The van der Waals surface area contributed by atoms with Gasteiger partial charge in [0, 0.05) is 12.1 Å². The van der Waals surface area contributed by atoms with Crippen molar-refractivity contribution in [3.05, 3.63) is 35.1 Å². The molecule has 1 heterocycles. The van der Waals surface area contributed by atoms with E-state index in [9.17, 15) is 4.39 Å². The van der Waals surface area contributed by atoms with Crippen molar-refractivity contribution in [3.63, 3.8) is 0 Å². The Labute approximate surface area is 101 Å². The van der Waals surface area contributed by atoms with Crippen LogP contribution in [0.5, 0.6) is 0 Å². The Balaban J connectivity index is 2.00. The molecule has 1 fully saturated rings. The summed E-state index contributed by atoms with van der Waals surface area (Å²) in [5.41, 5.74) is 1.53. The fraction of sp³-hybridized carbons (Fsp3) is 0.538. The fourth-order valence-electron chi connectivity index (χ4n) is 2.26. The lowest BCUT2D eigenvalue weighted by Gasteiger charge is -2.26. The second-order valence-electron chi connectivity index (χ2n) is 4.57. The molecule has 2 N–H and O–H groups in total. The number of hydrogen-bond donors (Lipinski definition) is 1. The van der Waals surface area contributed by atoms with E-state index in [-0.39, 0.29) is 12.4 Å². The summed E-state index contributed by atoms with van der Waals surface area (Å²) < 4.78 is 13.8. The summed E-state index contributed by atoms with van der Waals surface area (Å²) >= 11 is 0. The van der Waals surface area contributed by atoms with Gasteiger partial charge in [-0.2, -0.15) is 0 Å². The van der Waals surface area contributed by atoms with Gasteiger partial charge in [0.1, 0.15) is 5.82 Å². The first kappa shape index (κ1) is 12.5. The molecule has 1 aromatic carbocycles. The summed E-state index contributed by atoms with van der Waals surface area (Å²) in [6.07, 6.45) is 3.74. The lowest BCUT2D eigenvalue weighted by Crippen LogP contribution is -2.29. The number of nitrogens with zero attached hydrogens (tertiary/aromatic N) is 1. The van der Waals surface area contributed by atoms with Crippen LogP contribution < -0.4 is 5.90 Å². The zero-order valence-electron chi connectivity index (χ0n) is 9.99. The monoisotopic (exact) mass is 238 g/mol. The van der Waals surface area contributed by atoms with Gasteiger partial charge in [0.15, 0.2) is 0 Å². The third-order valence-electron chi connectivity index (χ3n) is 3.21. The Bertz CT molecular complexity index is 364. The Morgan fingerprint density at radius 2 is 2.00 bits per heavy atom. The van der Waals surface area contributed by atoms with Crippen LogP contribution in [0.15, 0.2) is 18.2 Å². The standard InChI is InChI=1S/C13H19FN2O/c14-13-8-11(10-17-15)4-5-12(13)9-16-6-2-1-3-7-16/h4-5,8H,1-3,6-7,9-10,15H2. The van der Waals surface area contributed by atoms with Gasteiger partial charge in [-0.25, -0.2) is 10.3 Å². The number of piperidine rings is 1. The first-order valence-electron chi connectivity index (χ1n) is 6.11. The highest BCUT2D eigenvalue weighted by atomic mass is 19.1. The third kappa shape index (κ3) is 3.49. The van der Waals surface area contributed by atoms with Crippen molar-refractivity contribution < 1.29 is 9.23 Å². The van der Waals surface area contributed by atoms with E-state index in [1.165, 1.54) is 25.3 Å². The second kappa shape index (κ2) is 6.10. The summed E-state index contributed by atoms with van der Waals surface area (Å²) in [7, 11) is 0. The van der Waals surface area contributed by atoms with E-state index in [0.29, 0.717) is 6.54 Å². The zero-order chi connectivity index (χ0) is 12.1. The Hall–Kier alpha value is -0.970. The number of rotatable bonds is 4. The number of nitrogens with two attached hydrogens (primary N) is 1. The molecular formula is C13H19FN2O. The molecule has 0 radical (unpaired) electrons. The topological polar surface area (TPSA) is 38.5 Å².